The topological polar surface area (TPSA) is 52.0 Å². The predicted octanol–water partition coefficient (Wildman–Crippen LogP) is 5.63. The molecule has 152 valence electrons. The van der Waals surface area contributed by atoms with Crippen molar-refractivity contribution in [1.29, 1.82) is 0 Å². The maximum absolute atomic E-state index is 15.1. The van der Waals surface area contributed by atoms with Crippen molar-refractivity contribution in [3.05, 3.63) is 112 Å². The highest BCUT2D eigenvalue weighted by Crippen LogP contribution is 2.51. The predicted molar refractivity (Wildman–Crippen MR) is 116 cm³/mol. The molecule has 6 rings (SSSR count). The first-order valence-corrected chi connectivity index (χ1v) is 10.3. The van der Waals surface area contributed by atoms with Crippen LogP contribution in [0.15, 0.2) is 84.7 Å². The third-order valence-electron chi connectivity index (χ3n) is 5.71. The summed E-state index contributed by atoms with van der Waals surface area (Å²) in [6.45, 7) is 0. The van der Waals surface area contributed by atoms with Crippen molar-refractivity contribution < 1.29 is 9.13 Å². The number of nitrogens with zero attached hydrogens (tertiary/aromatic N) is 3. The van der Waals surface area contributed by atoms with E-state index in [4.69, 9.17) is 16.3 Å². The SMILES string of the molecule is Fc1ccccc1[C@H]1C2=C(Nc3ncnn31)c1ccccc1O[C@H]2c1ccccc1Cl. The third-order valence-corrected chi connectivity index (χ3v) is 6.05. The van der Waals surface area contributed by atoms with E-state index in [0.717, 1.165) is 28.1 Å². The molecule has 0 radical (unpaired) electrons. The van der Waals surface area contributed by atoms with Crippen LogP contribution in [0.2, 0.25) is 5.02 Å². The van der Waals surface area contributed by atoms with Crippen LogP contribution < -0.4 is 10.1 Å². The second-order valence-corrected chi connectivity index (χ2v) is 7.83. The molecule has 4 aromatic rings. The number of ether oxygens (including phenoxy) is 1. The number of hydrogen-bond donors (Lipinski definition) is 1. The first kappa shape index (κ1) is 18.2. The summed E-state index contributed by atoms with van der Waals surface area (Å²) in [5.74, 6) is 0.944. The fourth-order valence-corrected chi connectivity index (χ4v) is 4.59. The molecule has 5 nitrogen and oxygen atoms in total. The highest BCUT2D eigenvalue weighted by molar-refractivity contribution is 6.31. The second kappa shape index (κ2) is 6.96. The van der Waals surface area contributed by atoms with E-state index < -0.39 is 12.1 Å². The molecule has 0 spiro atoms. The fourth-order valence-electron chi connectivity index (χ4n) is 4.36. The third kappa shape index (κ3) is 2.75. The van der Waals surface area contributed by atoms with Gasteiger partial charge >= 0.3 is 0 Å². The van der Waals surface area contributed by atoms with Crippen LogP contribution in [0.3, 0.4) is 0 Å². The first-order chi connectivity index (χ1) is 15.2. The van der Waals surface area contributed by atoms with Gasteiger partial charge < -0.3 is 10.1 Å². The fraction of sp³-hybridized carbons (Fsp3) is 0.0833. The van der Waals surface area contributed by atoms with Crippen LogP contribution >= 0.6 is 11.6 Å². The Morgan fingerprint density at radius 2 is 1.68 bits per heavy atom. The monoisotopic (exact) mass is 430 g/mol. The zero-order valence-corrected chi connectivity index (χ0v) is 16.9. The molecule has 7 heteroatoms. The average molecular weight is 431 g/mol. The van der Waals surface area contributed by atoms with Gasteiger partial charge in [-0.3, -0.25) is 0 Å². The molecular weight excluding hydrogens is 415 g/mol. The molecule has 2 atom stereocenters. The lowest BCUT2D eigenvalue weighted by atomic mass is 9.84. The summed E-state index contributed by atoms with van der Waals surface area (Å²) < 4.78 is 23.2. The molecule has 2 aliphatic heterocycles. The van der Waals surface area contributed by atoms with Crippen molar-refractivity contribution in [1.82, 2.24) is 14.8 Å². The molecule has 1 aromatic heterocycles. The maximum atomic E-state index is 15.1. The van der Waals surface area contributed by atoms with Gasteiger partial charge in [-0.15, -0.1) is 0 Å². The van der Waals surface area contributed by atoms with Crippen molar-refractivity contribution in [3.8, 4) is 5.75 Å². The number of halogens is 2. The van der Waals surface area contributed by atoms with Gasteiger partial charge in [0.1, 0.15) is 23.9 Å². The minimum atomic E-state index is -0.551. The van der Waals surface area contributed by atoms with Gasteiger partial charge in [0, 0.05) is 27.3 Å². The maximum Gasteiger partial charge on any atom is 0.226 e. The molecule has 0 bridgehead atoms. The van der Waals surface area contributed by atoms with Crippen molar-refractivity contribution in [2.24, 2.45) is 0 Å². The number of nitrogens with one attached hydrogen (secondary N) is 1. The van der Waals surface area contributed by atoms with E-state index in [1.165, 1.54) is 12.4 Å². The van der Waals surface area contributed by atoms with Gasteiger partial charge in [-0.2, -0.15) is 10.1 Å². The Hall–Kier alpha value is -3.64. The Labute approximate surface area is 182 Å². The Kier molecular flexibility index (Phi) is 4.07. The van der Waals surface area contributed by atoms with E-state index in [1.54, 1.807) is 16.8 Å². The molecule has 31 heavy (non-hydrogen) atoms. The summed E-state index contributed by atoms with van der Waals surface area (Å²) in [5, 5.41) is 8.38. The number of fused-ring (bicyclic) bond motifs is 3. The summed E-state index contributed by atoms with van der Waals surface area (Å²) in [6.07, 6.45) is 0.930. The summed E-state index contributed by atoms with van der Waals surface area (Å²) in [4.78, 5) is 4.36. The van der Waals surface area contributed by atoms with E-state index >= 15 is 4.39 Å². The Morgan fingerprint density at radius 3 is 2.52 bits per heavy atom. The molecule has 0 unspecified atom stereocenters. The normalized spacial score (nSPS) is 19.0. The van der Waals surface area contributed by atoms with Crippen molar-refractivity contribution in [2.75, 3.05) is 5.32 Å². The van der Waals surface area contributed by atoms with Crippen LogP contribution in [0, 0.1) is 5.82 Å². The highest BCUT2D eigenvalue weighted by Gasteiger charge is 2.42. The molecule has 0 fully saturated rings. The zero-order valence-electron chi connectivity index (χ0n) is 16.2. The molecule has 3 heterocycles. The summed E-state index contributed by atoms with van der Waals surface area (Å²) in [7, 11) is 0. The van der Waals surface area contributed by atoms with Crippen molar-refractivity contribution in [2.45, 2.75) is 12.1 Å². The Balaban J connectivity index is 1.67. The molecule has 1 N–H and O–H groups in total. The zero-order chi connectivity index (χ0) is 20.9. The van der Waals surface area contributed by atoms with Gasteiger partial charge in [0.15, 0.2) is 6.10 Å². The highest BCUT2D eigenvalue weighted by atomic mass is 35.5. The second-order valence-electron chi connectivity index (χ2n) is 7.42. The van der Waals surface area contributed by atoms with Gasteiger partial charge in [0.05, 0.1) is 5.70 Å². The lowest BCUT2D eigenvalue weighted by molar-refractivity contribution is 0.222. The smallest absolute Gasteiger partial charge is 0.226 e. The Bertz CT molecular complexity index is 1350. The lowest BCUT2D eigenvalue weighted by Gasteiger charge is -2.39. The molecule has 0 saturated carbocycles. The standard InChI is InChI=1S/C24H16ClFN4O/c25-17-10-4-1-7-14(17)23-20-21(16-9-3-6-12-19(16)31-23)29-24-27-13-28-30(24)22(20)15-8-2-5-11-18(15)26/h1-13,22-23H,(H,27,28,29)/t22-,23-/m0/s1. The van der Waals surface area contributed by atoms with Crippen LogP contribution in [-0.2, 0) is 0 Å². The van der Waals surface area contributed by atoms with Crippen LogP contribution in [-0.4, -0.2) is 14.8 Å². The lowest BCUT2D eigenvalue weighted by Crippen LogP contribution is -2.33. The molecule has 0 saturated heterocycles. The van der Waals surface area contributed by atoms with Crippen LogP contribution in [0.1, 0.15) is 28.8 Å². The van der Waals surface area contributed by atoms with Crippen LogP contribution in [0.4, 0.5) is 10.3 Å². The minimum Gasteiger partial charge on any atom is -0.480 e. The summed E-state index contributed by atoms with van der Waals surface area (Å²) in [5.41, 5.74) is 3.84. The molecule has 3 aromatic carbocycles. The van der Waals surface area contributed by atoms with Crippen LogP contribution in [0.25, 0.3) is 5.70 Å². The van der Waals surface area contributed by atoms with Crippen molar-refractivity contribution >= 4 is 23.2 Å². The number of hydrogen-bond acceptors (Lipinski definition) is 4. The average Bonchev–Trinajstić information content (AvgIpc) is 3.26. The van der Waals surface area contributed by atoms with E-state index in [9.17, 15) is 0 Å². The largest absolute Gasteiger partial charge is 0.480 e. The molecule has 0 amide bonds. The molecule has 2 aliphatic rings. The van der Waals surface area contributed by atoms with Gasteiger partial charge in [-0.25, -0.2) is 9.07 Å². The van der Waals surface area contributed by atoms with Crippen LogP contribution in [0.5, 0.6) is 5.75 Å². The van der Waals surface area contributed by atoms with E-state index in [0.29, 0.717) is 16.5 Å². The summed E-state index contributed by atoms with van der Waals surface area (Å²) in [6, 6.07) is 21.5. The van der Waals surface area contributed by atoms with E-state index in [2.05, 4.69) is 15.4 Å². The number of rotatable bonds is 2. The van der Waals surface area contributed by atoms with Crippen molar-refractivity contribution in [3.63, 3.8) is 0 Å². The van der Waals surface area contributed by atoms with Gasteiger partial charge in [-0.05, 0) is 24.3 Å². The molecule has 0 aliphatic carbocycles. The number of anilines is 1. The number of para-hydroxylation sites is 1. The quantitative estimate of drug-likeness (QED) is 0.447. The minimum absolute atomic E-state index is 0.320. The first-order valence-electron chi connectivity index (χ1n) is 9.88. The van der Waals surface area contributed by atoms with E-state index in [-0.39, 0.29) is 5.82 Å². The van der Waals surface area contributed by atoms with Gasteiger partial charge in [-0.1, -0.05) is 60.1 Å². The number of aromatic nitrogens is 3. The number of benzene rings is 3. The molecular formula is C24H16ClFN4O. The van der Waals surface area contributed by atoms with Gasteiger partial charge in [0.25, 0.3) is 0 Å². The summed E-state index contributed by atoms with van der Waals surface area (Å²) >= 11 is 6.59. The van der Waals surface area contributed by atoms with E-state index in [1.807, 2.05) is 54.6 Å². The Morgan fingerprint density at radius 1 is 0.935 bits per heavy atom. The van der Waals surface area contributed by atoms with Gasteiger partial charge in [0.2, 0.25) is 5.95 Å².